The standard InChI is InChI=1S/C29H31N5O6S/c35-24(7-2-1-6-23-26-21(16-41-23)33-29(39)34-26)30-12-13-31-27(36)18-8-10-20-17(14-18)4-3-5-22(20)40-25-11-9-19(15-32-25)28(37)38/h3-5,8-11,14-15,21,23,26H,1-2,6-7,12-13,16H2,(H,30,35)(H,31,36)(H,37,38)(H2,33,34,39)/t21-,23-,26-/m0/s1. The van der Waals surface area contributed by atoms with Gasteiger partial charge in [0, 0.05) is 53.7 Å². The number of ether oxygens (including phenoxy) is 1. The van der Waals surface area contributed by atoms with Gasteiger partial charge >= 0.3 is 12.0 Å². The number of unbranched alkanes of at least 4 members (excludes halogenated alkanes) is 1. The number of carboxylic acids is 1. The summed E-state index contributed by atoms with van der Waals surface area (Å²) in [5, 5.41) is 22.6. The topological polar surface area (TPSA) is 159 Å². The number of nitrogens with zero attached hydrogens (tertiary/aromatic N) is 1. The lowest BCUT2D eigenvalue weighted by molar-refractivity contribution is -0.121. The molecule has 12 heteroatoms. The van der Waals surface area contributed by atoms with Gasteiger partial charge in [0.15, 0.2) is 0 Å². The van der Waals surface area contributed by atoms with Crippen LogP contribution in [0, 0.1) is 0 Å². The van der Waals surface area contributed by atoms with E-state index in [2.05, 4.69) is 26.3 Å². The molecule has 3 heterocycles. The Hall–Kier alpha value is -4.32. The van der Waals surface area contributed by atoms with Crippen LogP contribution in [-0.4, -0.2) is 70.1 Å². The minimum absolute atomic E-state index is 0.0441. The molecule has 0 aliphatic carbocycles. The van der Waals surface area contributed by atoms with Crippen molar-refractivity contribution in [3.05, 3.63) is 65.9 Å². The molecule has 11 nitrogen and oxygen atoms in total. The molecule has 1 aromatic heterocycles. The number of urea groups is 1. The molecule has 3 aromatic rings. The van der Waals surface area contributed by atoms with Gasteiger partial charge in [-0.05, 0) is 48.6 Å². The van der Waals surface area contributed by atoms with Crippen molar-refractivity contribution < 1.29 is 29.0 Å². The van der Waals surface area contributed by atoms with Gasteiger partial charge in [0.1, 0.15) is 5.75 Å². The number of fused-ring (bicyclic) bond motifs is 2. The van der Waals surface area contributed by atoms with Crippen molar-refractivity contribution >= 4 is 46.3 Å². The van der Waals surface area contributed by atoms with E-state index >= 15 is 0 Å². The summed E-state index contributed by atoms with van der Waals surface area (Å²) in [6, 6.07) is 13.9. The van der Waals surface area contributed by atoms with Crippen LogP contribution in [0.4, 0.5) is 4.79 Å². The number of carbonyl (C=O) groups excluding carboxylic acids is 3. The molecular weight excluding hydrogens is 546 g/mol. The van der Waals surface area contributed by atoms with Crippen LogP contribution in [-0.2, 0) is 4.79 Å². The van der Waals surface area contributed by atoms with Crippen molar-refractivity contribution in [2.24, 2.45) is 0 Å². The summed E-state index contributed by atoms with van der Waals surface area (Å²) in [7, 11) is 0. The van der Waals surface area contributed by atoms with Gasteiger partial charge in [-0.25, -0.2) is 14.6 Å². The lowest BCUT2D eigenvalue weighted by Crippen LogP contribution is -2.36. The van der Waals surface area contributed by atoms with Crippen molar-refractivity contribution in [2.45, 2.75) is 43.0 Å². The van der Waals surface area contributed by atoms with Crippen molar-refractivity contribution in [1.29, 1.82) is 0 Å². The van der Waals surface area contributed by atoms with Gasteiger partial charge < -0.3 is 31.1 Å². The first-order valence-corrected chi connectivity index (χ1v) is 14.6. The highest BCUT2D eigenvalue weighted by Crippen LogP contribution is 2.33. The van der Waals surface area contributed by atoms with Gasteiger partial charge in [-0.1, -0.05) is 18.6 Å². The largest absolute Gasteiger partial charge is 0.478 e. The predicted molar refractivity (Wildman–Crippen MR) is 155 cm³/mol. The van der Waals surface area contributed by atoms with E-state index in [9.17, 15) is 19.2 Å². The Morgan fingerprint density at radius 2 is 1.85 bits per heavy atom. The van der Waals surface area contributed by atoms with E-state index < -0.39 is 5.97 Å². The number of amides is 4. The number of aromatic nitrogens is 1. The normalized spacial score (nSPS) is 19.2. The first kappa shape index (κ1) is 28.2. The number of hydrogen-bond donors (Lipinski definition) is 5. The summed E-state index contributed by atoms with van der Waals surface area (Å²) >= 11 is 1.87. The maximum absolute atomic E-state index is 12.7. The highest BCUT2D eigenvalue weighted by Gasteiger charge is 2.42. The van der Waals surface area contributed by atoms with Gasteiger partial charge in [-0.15, -0.1) is 0 Å². The first-order chi connectivity index (χ1) is 19.9. The van der Waals surface area contributed by atoms with Crippen LogP contribution in [0.3, 0.4) is 0 Å². The Bertz CT molecular complexity index is 1450. The summed E-state index contributed by atoms with van der Waals surface area (Å²) in [6.07, 6.45) is 4.32. The van der Waals surface area contributed by atoms with Crippen molar-refractivity contribution in [3.8, 4) is 11.6 Å². The molecule has 0 bridgehead atoms. The number of hydrogen-bond acceptors (Lipinski definition) is 7. The second kappa shape index (κ2) is 12.9. The second-order valence-corrected chi connectivity index (χ2v) is 11.2. The SMILES string of the molecule is O=C(CCCC[C@@H]1SC[C@@H]2NC(=O)N[C@@H]21)NCCNC(=O)c1ccc2c(Oc3ccc(C(=O)O)cn3)cccc2c1. The van der Waals surface area contributed by atoms with Crippen LogP contribution in [0.25, 0.3) is 10.8 Å². The average molecular weight is 578 g/mol. The van der Waals surface area contributed by atoms with Gasteiger partial charge in [-0.3, -0.25) is 9.59 Å². The second-order valence-electron chi connectivity index (χ2n) is 9.96. The molecule has 41 heavy (non-hydrogen) atoms. The van der Waals surface area contributed by atoms with E-state index in [1.54, 1.807) is 30.3 Å². The maximum Gasteiger partial charge on any atom is 0.337 e. The van der Waals surface area contributed by atoms with Crippen LogP contribution in [0.2, 0.25) is 0 Å². The van der Waals surface area contributed by atoms with Crippen LogP contribution >= 0.6 is 11.8 Å². The van der Waals surface area contributed by atoms with E-state index in [4.69, 9.17) is 9.84 Å². The van der Waals surface area contributed by atoms with E-state index in [0.717, 1.165) is 35.8 Å². The van der Waals surface area contributed by atoms with E-state index in [1.807, 2.05) is 17.8 Å². The van der Waals surface area contributed by atoms with Gasteiger partial charge in [0.05, 0.1) is 17.6 Å². The van der Waals surface area contributed by atoms with Gasteiger partial charge in [-0.2, -0.15) is 11.8 Å². The average Bonchev–Trinajstić information content (AvgIpc) is 3.52. The molecule has 4 amide bonds. The molecule has 0 radical (unpaired) electrons. The van der Waals surface area contributed by atoms with Crippen molar-refractivity contribution in [1.82, 2.24) is 26.3 Å². The Labute approximate surface area is 240 Å². The fourth-order valence-electron chi connectivity index (χ4n) is 5.01. The zero-order chi connectivity index (χ0) is 28.8. The summed E-state index contributed by atoms with van der Waals surface area (Å²) in [5.74, 6) is 0.358. The predicted octanol–water partition coefficient (Wildman–Crippen LogP) is 3.30. The van der Waals surface area contributed by atoms with E-state index in [0.29, 0.717) is 36.1 Å². The number of pyridine rings is 1. The fraction of sp³-hybridized carbons (Fsp3) is 0.345. The van der Waals surface area contributed by atoms with Crippen LogP contribution in [0.15, 0.2) is 54.7 Å². The monoisotopic (exact) mass is 577 g/mol. The van der Waals surface area contributed by atoms with Gasteiger partial charge in [0.2, 0.25) is 11.8 Å². The lowest BCUT2D eigenvalue weighted by atomic mass is 10.0. The van der Waals surface area contributed by atoms with Crippen LogP contribution < -0.4 is 26.0 Å². The van der Waals surface area contributed by atoms with Gasteiger partial charge in [0.25, 0.3) is 5.91 Å². The highest BCUT2D eigenvalue weighted by atomic mass is 32.2. The molecule has 0 saturated carbocycles. The summed E-state index contributed by atoms with van der Waals surface area (Å²) < 4.78 is 5.85. The summed E-state index contributed by atoms with van der Waals surface area (Å²) in [4.78, 5) is 51.4. The molecular formula is C29H31N5O6S. The number of benzene rings is 2. The molecule has 2 aliphatic rings. The third-order valence-corrected chi connectivity index (χ3v) is 8.62. The molecule has 3 atom stereocenters. The third-order valence-electron chi connectivity index (χ3n) is 7.11. The van der Waals surface area contributed by atoms with Crippen molar-refractivity contribution in [3.63, 3.8) is 0 Å². The number of nitrogens with one attached hydrogen (secondary N) is 4. The summed E-state index contributed by atoms with van der Waals surface area (Å²) in [5.41, 5.74) is 0.545. The quantitative estimate of drug-likeness (QED) is 0.162. The molecule has 0 spiro atoms. The molecule has 5 N–H and O–H groups in total. The number of rotatable bonds is 12. The third kappa shape index (κ3) is 7.07. The highest BCUT2D eigenvalue weighted by molar-refractivity contribution is 8.00. The summed E-state index contributed by atoms with van der Waals surface area (Å²) in [6.45, 7) is 0.641. The first-order valence-electron chi connectivity index (χ1n) is 13.5. The molecule has 2 saturated heterocycles. The zero-order valence-corrected chi connectivity index (χ0v) is 23.0. The number of thioether (sulfide) groups is 1. The Balaban J connectivity index is 1.03. The molecule has 2 fully saturated rings. The van der Waals surface area contributed by atoms with E-state index in [1.165, 1.54) is 18.3 Å². The minimum Gasteiger partial charge on any atom is -0.478 e. The number of carboxylic acid groups (broad SMARTS) is 1. The molecule has 0 unspecified atom stereocenters. The zero-order valence-electron chi connectivity index (χ0n) is 22.2. The maximum atomic E-state index is 12.7. The molecule has 2 aliphatic heterocycles. The smallest absolute Gasteiger partial charge is 0.337 e. The Morgan fingerprint density at radius 1 is 1.02 bits per heavy atom. The lowest BCUT2D eigenvalue weighted by Gasteiger charge is -2.16. The van der Waals surface area contributed by atoms with E-state index in [-0.39, 0.29) is 41.4 Å². The molecule has 5 rings (SSSR count). The molecule has 2 aromatic carbocycles. The fourth-order valence-corrected chi connectivity index (χ4v) is 6.55. The number of carbonyl (C=O) groups is 4. The Morgan fingerprint density at radius 3 is 2.66 bits per heavy atom. The number of aromatic carboxylic acids is 1. The minimum atomic E-state index is -1.06. The van der Waals surface area contributed by atoms with Crippen LogP contribution in [0.1, 0.15) is 46.4 Å². The molecule has 214 valence electrons. The Kier molecular flexibility index (Phi) is 8.88. The van der Waals surface area contributed by atoms with Crippen LogP contribution in [0.5, 0.6) is 11.6 Å². The van der Waals surface area contributed by atoms with Crippen molar-refractivity contribution in [2.75, 3.05) is 18.8 Å².